The van der Waals surface area contributed by atoms with Crippen LogP contribution in [0.4, 0.5) is 5.69 Å². The number of Topliss-reactive ketones (excluding diaryl/α,β-unsaturated/α-hetero) is 1. The molecule has 2 aliphatic rings. The van der Waals surface area contributed by atoms with E-state index >= 15 is 0 Å². The van der Waals surface area contributed by atoms with Gasteiger partial charge in [0, 0.05) is 38.2 Å². The van der Waals surface area contributed by atoms with Crippen LogP contribution in [0.15, 0.2) is 69.1 Å². The molecule has 0 saturated carbocycles. The van der Waals surface area contributed by atoms with Gasteiger partial charge in [0.05, 0.1) is 16.9 Å². The summed E-state index contributed by atoms with van der Waals surface area (Å²) in [6.07, 6.45) is 1.93. The maximum Gasteiger partial charge on any atom is 0.344 e. The van der Waals surface area contributed by atoms with E-state index in [0.29, 0.717) is 41.1 Å². The van der Waals surface area contributed by atoms with Gasteiger partial charge < -0.3 is 14.1 Å². The average molecular weight is 387 g/mol. The van der Waals surface area contributed by atoms with Crippen LogP contribution in [0.2, 0.25) is 0 Å². The van der Waals surface area contributed by atoms with Crippen molar-refractivity contribution in [2.75, 3.05) is 19.0 Å². The molecule has 5 nitrogen and oxygen atoms in total. The minimum absolute atomic E-state index is 0.0474. The lowest BCUT2D eigenvalue weighted by molar-refractivity contribution is -0.116. The van der Waals surface area contributed by atoms with Gasteiger partial charge >= 0.3 is 5.63 Å². The second-order valence-electron chi connectivity index (χ2n) is 7.76. The van der Waals surface area contributed by atoms with Crippen LogP contribution in [-0.2, 0) is 4.79 Å². The molecule has 5 heteroatoms. The lowest BCUT2D eigenvalue weighted by Gasteiger charge is -2.32. The summed E-state index contributed by atoms with van der Waals surface area (Å²) in [5.41, 5.74) is 3.00. The highest BCUT2D eigenvalue weighted by atomic mass is 16.5. The number of allylic oxidation sites excluding steroid dienone is 2. The molecule has 2 heterocycles. The fourth-order valence-corrected chi connectivity index (χ4v) is 4.32. The van der Waals surface area contributed by atoms with Crippen LogP contribution in [0.25, 0.3) is 11.0 Å². The molecular formula is C24H21NO4. The van der Waals surface area contributed by atoms with E-state index in [1.165, 1.54) is 0 Å². The van der Waals surface area contributed by atoms with E-state index < -0.39 is 11.5 Å². The van der Waals surface area contributed by atoms with Gasteiger partial charge in [-0.05, 0) is 36.2 Å². The van der Waals surface area contributed by atoms with Crippen LogP contribution in [0, 0.1) is 0 Å². The molecular weight excluding hydrogens is 366 g/mol. The normalized spacial score (nSPS) is 18.3. The fraction of sp³-hybridized carbons (Fsp3) is 0.250. The zero-order valence-corrected chi connectivity index (χ0v) is 16.4. The summed E-state index contributed by atoms with van der Waals surface area (Å²) in [7, 11) is 3.95. The van der Waals surface area contributed by atoms with Gasteiger partial charge in [0.25, 0.3) is 0 Å². The Hall–Kier alpha value is -3.34. The molecule has 1 atom stereocenters. The Morgan fingerprint density at radius 3 is 2.48 bits per heavy atom. The van der Waals surface area contributed by atoms with Crippen molar-refractivity contribution in [2.24, 2.45) is 0 Å². The van der Waals surface area contributed by atoms with Crippen molar-refractivity contribution in [3.8, 4) is 5.75 Å². The first-order valence-corrected chi connectivity index (χ1v) is 9.81. The third-order valence-electron chi connectivity index (χ3n) is 5.75. The van der Waals surface area contributed by atoms with Gasteiger partial charge in [0.15, 0.2) is 5.78 Å². The summed E-state index contributed by atoms with van der Waals surface area (Å²) in [6.45, 7) is 0. The van der Waals surface area contributed by atoms with Gasteiger partial charge in [0.1, 0.15) is 17.1 Å². The molecule has 5 rings (SSSR count). The Balaban J connectivity index is 1.79. The van der Waals surface area contributed by atoms with Crippen LogP contribution < -0.4 is 15.3 Å². The molecule has 0 N–H and O–H groups in total. The lowest BCUT2D eigenvalue weighted by Crippen LogP contribution is -2.29. The van der Waals surface area contributed by atoms with E-state index in [4.69, 9.17) is 9.15 Å². The van der Waals surface area contributed by atoms with Gasteiger partial charge in [0.2, 0.25) is 0 Å². The predicted octanol–water partition coefficient (Wildman–Crippen LogP) is 4.39. The molecule has 1 unspecified atom stereocenters. The highest BCUT2D eigenvalue weighted by Crippen LogP contribution is 2.47. The minimum atomic E-state index is -0.474. The standard InChI is InChI=1S/C24H21NO4/c1-25(2)15-12-10-14(11-13-15)20-21-17(26)7-5-9-19(21)28-23-16-6-3-4-8-18(16)29-24(27)22(20)23/h3-4,6,8,10-13,20H,5,7,9H2,1-2H3. The van der Waals surface area contributed by atoms with Crippen molar-refractivity contribution in [1.82, 2.24) is 0 Å². The number of benzene rings is 2. The van der Waals surface area contributed by atoms with Crippen LogP contribution in [0.3, 0.4) is 0 Å². The summed E-state index contributed by atoms with van der Waals surface area (Å²) in [5, 5.41) is 0.751. The predicted molar refractivity (Wildman–Crippen MR) is 112 cm³/mol. The number of ether oxygens (including phenoxy) is 1. The van der Waals surface area contributed by atoms with Gasteiger partial charge in [-0.1, -0.05) is 24.3 Å². The number of para-hydroxylation sites is 1. The molecule has 0 saturated heterocycles. The highest BCUT2D eigenvalue weighted by Gasteiger charge is 2.39. The third kappa shape index (κ3) is 2.77. The number of hydrogen-bond donors (Lipinski definition) is 0. The number of anilines is 1. The number of ketones is 1. The van der Waals surface area contributed by atoms with E-state index in [1.54, 1.807) is 6.07 Å². The van der Waals surface area contributed by atoms with Gasteiger partial charge in [-0.2, -0.15) is 0 Å². The number of carbonyl (C=O) groups excluding carboxylic acids is 1. The number of carbonyl (C=O) groups is 1. The molecule has 0 amide bonds. The zero-order valence-electron chi connectivity index (χ0n) is 16.4. The molecule has 0 spiro atoms. The molecule has 0 bridgehead atoms. The Morgan fingerprint density at radius 2 is 1.72 bits per heavy atom. The van der Waals surface area contributed by atoms with Gasteiger partial charge in [-0.15, -0.1) is 0 Å². The third-order valence-corrected chi connectivity index (χ3v) is 5.75. The van der Waals surface area contributed by atoms with Gasteiger partial charge in [-0.25, -0.2) is 4.79 Å². The molecule has 1 aromatic heterocycles. The molecule has 146 valence electrons. The average Bonchev–Trinajstić information content (AvgIpc) is 2.73. The van der Waals surface area contributed by atoms with Crippen LogP contribution in [-0.4, -0.2) is 19.9 Å². The summed E-state index contributed by atoms with van der Waals surface area (Å²) < 4.78 is 11.8. The second kappa shape index (κ2) is 6.62. The first kappa shape index (κ1) is 17.7. The maximum atomic E-state index is 13.0. The van der Waals surface area contributed by atoms with Crippen molar-refractivity contribution in [3.05, 3.63) is 81.4 Å². The topological polar surface area (TPSA) is 59.8 Å². The lowest BCUT2D eigenvalue weighted by atomic mass is 9.77. The Bertz CT molecular complexity index is 1220. The van der Waals surface area contributed by atoms with Crippen LogP contribution in [0.5, 0.6) is 5.75 Å². The van der Waals surface area contributed by atoms with E-state index in [0.717, 1.165) is 23.1 Å². The number of nitrogens with zero attached hydrogens (tertiary/aromatic N) is 1. The van der Waals surface area contributed by atoms with Crippen molar-refractivity contribution >= 4 is 22.4 Å². The molecule has 0 radical (unpaired) electrons. The summed E-state index contributed by atoms with van der Waals surface area (Å²) in [6, 6.07) is 15.3. The summed E-state index contributed by atoms with van der Waals surface area (Å²) >= 11 is 0. The Labute approximate surface area is 168 Å². The molecule has 1 aliphatic heterocycles. The number of fused-ring (bicyclic) bond motifs is 3. The van der Waals surface area contributed by atoms with E-state index in [2.05, 4.69) is 0 Å². The monoisotopic (exact) mass is 387 g/mol. The first-order chi connectivity index (χ1) is 14.0. The van der Waals surface area contributed by atoms with E-state index in [1.807, 2.05) is 61.5 Å². The SMILES string of the molecule is CN(C)c1ccc(C2C3=C(CCCC3=O)Oc3c2c(=O)oc2ccccc32)cc1. The van der Waals surface area contributed by atoms with Crippen LogP contribution in [0.1, 0.15) is 36.3 Å². The smallest absolute Gasteiger partial charge is 0.344 e. The molecule has 29 heavy (non-hydrogen) atoms. The Kier molecular flexibility index (Phi) is 4.05. The molecule has 0 fully saturated rings. The van der Waals surface area contributed by atoms with E-state index in [9.17, 15) is 9.59 Å². The summed E-state index contributed by atoms with van der Waals surface area (Å²) in [4.78, 5) is 27.9. The van der Waals surface area contributed by atoms with Crippen molar-refractivity contribution in [1.29, 1.82) is 0 Å². The molecule has 1 aliphatic carbocycles. The first-order valence-electron chi connectivity index (χ1n) is 9.81. The maximum absolute atomic E-state index is 13.0. The fourth-order valence-electron chi connectivity index (χ4n) is 4.32. The van der Waals surface area contributed by atoms with Gasteiger partial charge in [-0.3, -0.25) is 4.79 Å². The quantitative estimate of drug-likeness (QED) is 0.611. The molecule has 2 aromatic carbocycles. The van der Waals surface area contributed by atoms with Crippen LogP contribution >= 0.6 is 0 Å². The van der Waals surface area contributed by atoms with Crippen molar-refractivity contribution < 1.29 is 13.9 Å². The Morgan fingerprint density at radius 1 is 0.966 bits per heavy atom. The van der Waals surface area contributed by atoms with Crippen molar-refractivity contribution in [2.45, 2.75) is 25.2 Å². The summed E-state index contributed by atoms with van der Waals surface area (Å²) in [5.74, 6) is 0.780. The van der Waals surface area contributed by atoms with E-state index in [-0.39, 0.29) is 5.78 Å². The molecule has 3 aromatic rings. The zero-order chi connectivity index (χ0) is 20.1. The largest absolute Gasteiger partial charge is 0.460 e. The second-order valence-corrected chi connectivity index (χ2v) is 7.76. The number of hydrogen-bond acceptors (Lipinski definition) is 5. The highest BCUT2D eigenvalue weighted by molar-refractivity contribution is 6.00. The number of rotatable bonds is 2. The minimum Gasteiger partial charge on any atom is -0.460 e. The van der Waals surface area contributed by atoms with Crippen molar-refractivity contribution in [3.63, 3.8) is 0 Å².